The predicted octanol–water partition coefficient (Wildman–Crippen LogP) is 3.12. The molecule has 0 saturated heterocycles. The van der Waals surface area contributed by atoms with Gasteiger partial charge >= 0.3 is 18.0 Å². The van der Waals surface area contributed by atoms with E-state index in [1.54, 1.807) is 55.4 Å². The second kappa shape index (κ2) is 9.44. The summed E-state index contributed by atoms with van der Waals surface area (Å²) in [5, 5.41) is 2.49. The van der Waals surface area contributed by atoms with Gasteiger partial charge in [0, 0.05) is 5.57 Å². The van der Waals surface area contributed by atoms with E-state index in [1.165, 1.54) is 6.08 Å². The molecule has 0 aromatic rings. The van der Waals surface area contributed by atoms with Crippen molar-refractivity contribution in [1.29, 1.82) is 0 Å². The van der Waals surface area contributed by atoms with Gasteiger partial charge in [0.05, 0.1) is 6.61 Å². The van der Waals surface area contributed by atoms with Crippen LogP contribution >= 0.6 is 0 Å². The van der Waals surface area contributed by atoms with E-state index < -0.39 is 35.3 Å². The van der Waals surface area contributed by atoms with Crippen molar-refractivity contribution in [2.24, 2.45) is 0 Å². The summed E-state index contributed by atoms with van der Waals surface area (Å²) in [4.78, 5) is 35.9. The molecule has 25 heavy (non-hydrogen) atoms. The average Bonchev–Trinajstić information content (AvgIpc) is 2.39. The molecule has 0 spiro atoms. The fourth-order valence-corrected chi connectivity index (χ4v) is 1.66. The van der Waals surface area contributed by atoms with E-state index in [1.807, 2.05) is 0 Å². The summed E-state index contributed by atoms with van der Waals surface area (Å²) in [6.07, 6.45) is 0.883. The molecule has 0 fully saturated rings. The van der Waals surface area contributed by atoms with Crippen LogP contribution < -0.4 is 5.32 Å². The van der Waals surface area contributed by atoms with E-state index in [-0.39, 0.29) is 13.0 Å². The summed E-state index contributed by atoms with van der Waals surface area (Å²) in [5.74, 6) is -1.08. The SMILES string of the molecule is CCOC(=O)/C(C)=C/C[C@H](NC(=O)OC(C)(C)C)C(=O)OC(C)(C)C. The van der Waals surface area contributed by atoms with Crippen molar-refractivity contribution in [3.8, 4) is 0 Å². The molecule has 7 heteroatoms. The van der Waals surface area contributed by atoms with Crippen LogP contribution in [-0.2, 0) is 23.8 Å². The van der Waals surface area contributed by atoms with Crippen LogP contribution in [0.5, 0.6) is 0 Å². The molecule has 0 aromatic heterocycles. The number of alkyl carbamates (subject to hydrolysis) is 1. The normalized spacial score (nSPS) is 13.7. The highest BCUT2D eigenvalue weighted by molar-refractivity contribution is 5.88. The minimum absolute atomic E-state index is 0.0821. The molecule has 0 heterocycles. The van der Waals surface area contributed by atoms with Gasteiger partial charge in [0.25, 0.3) is 0 Å². The van der Waals surface area contributed by atoms with Crippen LogP contribution in [0.4, 0.5) is 4.79 Å². The first-order valence-electron chi connectivity index (χ1n) is 8.31. The second-order valence-electron chi connectivity index (χ2n) is 7.58. The van der Waals surface area contributed by atoms with Crippen LogP contribution in [0.15, 0.2) is 11.6 Å². The van der Waals surface area contributed by atoms with Crippen LogP contribution in [0.1, 0.15) is 61.8 Å². The number of amides is 1. The maximum atomic E-state index is 12.3. The maximum Gasteiger partial charge on any atom is 0.408 e. The minimum Gasteiger partial charge on any atom is -0.463 e. The first-order valence-corrected chi connectivity index (χ1v) is 8.31. The molecule has 7 nitrogen and oxygen atoms in total. The number of rotatable bonds is 6. The summed E-state index contributed by atoms with van der Waals surface area (Å²) < 4.78 is 15.4. The Kier molecular flexibility index (Phi) is 8.66. The molecule has 0 aliphatic heterocycles. The van der Waals surface area contributed by atoms with Crippen LogP contribution in [0.3, 0.4) is 0 Å². The standard InChI is InChI=1S/C18H31NO6/c1-9-23-14(20)12(2)10-11-13(15(21)24-17(3,4)5)19-16(22)25-18(6,7)8/h10,13H,9,11H2,1-8H3,(H,19,22)/b12-10+/t13-/m0/s1. The van der Waals surface area contributed by atoms with Crippen LogP contribution in [0, 0.1) is 0 Å². The second-order valence-corrected chi connectivity index (χ2v) is 7.58. The van der Waals surface area contributed by atoms with E-state index in [0.29, 0.717) is 5.57 Å². The Hall–Kier alpha value is -2.05. The van der Waals surface area contributed by atoms with Crippen molar-refractivity contribution in [3.63, 3.8) is 0 Å². The van der Waals surface area contributed by atoms with Crippen molar-refractivity contribution in [2.75, 3.05) is 6.61 Å². The molecule has 0 aromatic carbocycles. The summed E-state index contributed by atoms with van der Waals surface area (Å²) in [7, 11) is 0. The van der Waals surface area contributed by atoms with Gasteiger partial charge in [0.2, 0.25) is 0 Å². The van der Waals surface area contributed by atoms with Gasteiger partial charge in [0.1, 0.15) is 17.2 Å². The fourth-order valence-electron chi connectivity index (χ4n) is 1.66. The van der Waals surface area contributed by atoms with Gasteiger partial charge in [-0.05, 0) is 61.8 Å². The van der Waals surface area contributed by atoms with Crippen molar-refractivity contribution in [3.05, 3.63) is 11.6 Å². The molecule has 0 aliphatic rings. The highest BCUT2D eigenvalue weighted by Gasteiger charge is 2.28. The van der Waals surface area contributed by atoms with E-state index in [4.69, 9.17) is 14.2 Å². The Balaban J connectivity index is 5.13. The Labute approximate surface area is 150 Å². The van der Waals surface area contributed by atoms with Crippen molar-refractivity contribution in [2.45, 2.75) is 79.1 Å². The molecule has 0 saturated carbocycles. The molecule has 0 bridgehead atoms. The first kappa shape index (κ1) is 22.9. The van der Waals surface area contributed by atoms with Gasteiger partial charge in [0.15, 0.2) is 0 Å². The minimum atomic E-state index is -0.974. The van der Waals surface area contributed by atoms with Crippen LogP contribution in [0.25, 0.3) is 0 Å². The summed E-state index contributed by atoms with van der Waals surface area (Å²) in [6.45, 7) is 13.9. The van der Waals surface area contributed by atoms with Crippen molar-refractivity contribution in [1.82, 2.24) is 5.32 Å². The lowest BCUT2D eigenvalue weighted by Gasteiger charge is -2.25. The van der Waals surface area contributed by atoms with Gasteiger partial charge in [-0.15, -0.1) is 0 Å². The summed E-state index contributed by atoms with van der Waals surface area (Å²) in [6, 6.07) is -0.974. The van der Waals surface area contributed by atoms with Gasteiger partial charge in [-0.2, -0.15) is 0 Å². The summed E-state index contributed by atoms with van der Waals surface area (Å²) >= 11 is 0. The lowest BCUT2D eigenvalue weighted by Crippen LogP contribution is -2.45. The van der Waals surface area contributed by atoms with Crippen LogP contribution in [0.2, 0.25) is 0 Å². The van der Waals surface area contributed by atoms with Crippen LogP contribution in [-0.4, -0.2) is 41.9 Å². The molecular weight excluding hydrogens is 326 g/mol. The topological polar surface area (TPSA) is 90.9 Å². The predicted molar refractivity (Wildman–Crippen MR) is 94.0 cm³/mol. The third-order valence-corrected chi connectivity index (χ3v) is 2.64. The molecular formula is C18H31NO6. The largest absolute Gasteiger partial charge is 0.463 e. The summed E-state index contributed by atoms with van der Waals surface area (Å²) in [5.41, 5.74) is -1.05. The molecule has 1 N–H and O–H groups in total. The molecule has 0 aliphatic carbocycles. The Morgan fingerprint density at radius 3 is 1.96 bits per heavy atom. The number of carbonyl (C=O) groups is 3. The molecule has 144 valence electrons. The monoisotopic (exact) mass is 357 g/mol. The lowest BCUT2D eigenvalue weighted by atomic mass is 10.1. The maximum absolute atomic E-state index is 12.3. The number of ether oxygens (including phenoxy) is 3. The van der Waals surface area contributed by atoms with E-state index in [2.05, 4.69) is 5.32 Å². The molecule has 0 radical (unpaired) electrons. The third-order valence-electron chi connectivity index (χ3n) is 2.64. The van der Waals surface area contributed by atoms with Crippen molar-refractivity contribution >= 4 is 18.0 Å². The third kappa shape index (κ3) is 11.2. The lowest BCUT2D eigenvalue weighted by molar-refractivity contribution is -0.157. The molecule has 1 amide bonds. The molecule has 0 unspecified atom stereocenters. The quantitative estimate of drug-likeness (QED) is 0.446. The van der Waals surface area contributed by atoms with Gasteiger partial charge in [-0.25, -0.2) is 14.4 Å². The zero-order valence-electron chi connectivity index (χ0n) is 16.5. The highest BCUT2D eigenvalue weighted by atomic mass is 16.6. The fraction of sp³-hybridized carbons (Fsp3) is 0.722. The number of hydrogen-bond donors (Lipinski definition) is 1. The zero-order valence-corrected chi connectivity index (χ0v) is 16.5. The Morgan fingerprint density at radius 2 is 1.52 bits per heavy atom. The van der Waals surface area contributed by atoms with E-state index >= 15 is 0 Å². The molecule has 1 atom stereocenters. The zero-order chi connectivity index (χ0) is 19.8. The van der Waals surface area contributed by atoms with Gasteiger partial charge in [-0.3, -0.25) is 0 Å². The number of esters is 2. The number of carbonyl (C=O) groups excluding carboxylic acids is 3. The number of hydrogen-bond acceptors (Lipinski definition) is 6. The smallest absolute Gasteiger partial charge is 0.408 e. The van der Waals surface area contributed by atoms with Gasteiger partial charge < -0.3 is 19.5 Å². The Bertz CT molecular complexity index is 511. The van der Waals surface area contributed by atoms with Crippen molar-refractivity contribution < 1.29 is 28.6 Å². The number of nitrogens with one attached hydrogen (secondary N) is 1. The first-order chi connectivity index (χ1) is 11.2. The van der Waals surface area contributed by atoms with E-state index in [9.17, 15) is 14.4 Å². The highest BCUT2D eigenvalue weighted by Crippen LogP contribution is 2.13. The van der Waals surface area contributed by atoms with E-state index in [0.717, 1.165) is 0 Å². The average molecular weight is 357 g/mol. The van der Waals surface area contributed by atoms with Gasteiger partial charge in [-0.1, -0.05) is 6.08 Å². The molecule has 0 rings (SSSR count). The Morgan fingerprint density at radius 1 is 1.00 bits per heavy atom.